The molecule has 0 unspecified atom stereocenters. The lowest BCUT2D eigenvalue weighted by molar-refractivity contribution is -0.384. The molecular weight excluding hydrogens is 456 g/mol. The maximum Gasteiger partial charge on any atom is 0.288 e. The zero-order chi connectivity index (χ0) is 21.8. The largest absolute Gasteiger partial charge is 0.353 e. The first-order valence-electron chi connectivity index (χ1n) is 9.91. The number of nitro groups is 1. The van der Waals surface area contributed by atoms with Crippen LogP contribution in [-0.2, 0) is 11.3 Å². The smallest absolute Gasteiger partial charge is 0.288 e. The number of para-hydroxylation sites is 1. The minimum Gasteiger partial charge on any atom is -0.353 e. The van der Waals surface area contributed by atoms with Crippen molar-refractivity contribution in [1.82, 2.24) is 15.2 Å². The highest BCUT2D eigenvalue weighted by Gasteiger charge is 2.22. The molecule has 1 aromatic heterocycles. The summed E-state index contributed by atoms with van der Waals surface area (Å²) < 4.78 is 2.03. The van der Waals surface area contributed by atoms with Gasteiger partial charge in [-0.15, -0.1) is 11.3 Å². The second-order valence-electron chi connectivity index (χ2n) is 7.40. The van der Waals surface area contributed by atoms with E-state index in [0.717, 1.165) is 46.1 Å². The third kappa shape index (κ3) is 5.74. The Morgan fingerprint density at radius 3 is 2.81 bits per heavy atom. The van der Waals surface area contributed by atoms with E-state index < -0.39 is 4.92 Å². The van der Waals surface area contributed by atoms with Gasteiger partial charge in [0.1, 0.15) is 5.02 Å². The number of amides is 1. The monoisotopic (exact) mass is 476 g/mol. The minimum atomic E-state index is -0.458. The molecule has 31 heavy (non-hydrogen) atoms. The normalized spacial score (nSPS) is 15.3. The van der Waals surface area contributed by atoms with Gasteiger partial charge in [0.05, 0.1) is 20.9 Å². The molecule has 3 aromatic rings. The zero-order valence-corrected chi connectivity index (χ0v) is 19.0. The number of thioether (sulfide) groups is 1. The molecule has 10 heteroatoms. The molecule has 162 valence electrons. The Morgan fingerprint density at radius 1 is 1.29 bits per heavy atom. The molecular formula is C21H21ClN4O3S2. The summed E-state index contributed by atoms with van der Waals surface area (Å²) in [4.78, 5) is 29.8. The standard InChI is InChI=1S/C21H21ClN4O3S2/c22-16-6-5-14(11-18(16)26(28)29)12-25-9-7-15(8-10-25)23-20(27)13-30-21-24-17-3-1-2-4-19(17)31-21/h1-6,11,15H,7-10,12-13H2,(H,23,27). The fourth-order valence-corrected chi connectivity index (χ4v) is 5.67. The van der Waals surface area contributed by atoms with Crippen molar-refractivity contribution < 1.29 is 9.72 Å². The molecule has 7 nitrogen and oxygen atoms in total. The van der Waals surface area contributed by atoms with E-state index in [1.807, 2.05) is 30.3 Å². The number of hydrogen-bond donors (Lipinski definition) is 1. The predicted molar refractivity (Wildman–Crippen MR) is 125 cm³/mol. The van der Waals surface area contributed by atoms with Crippen LogP contribution in [0.3, 0.4) is 0 Å². The van der Waals surface area contributed by atoms with Crippen molar-refractivity contribution in [2.24, 2.45) is 0 Å². The van der Waals surface area contributed by atoms with Crippen LogP contribution in [0.4, 0.5) is 5.69 Å². The van der Waals surface area contributed by atoms with Gasteiger partial charge in [-0.3, -0.25) is 19.8 Å². The lowest BCUT2D eigenvalue weighted by Crippen LogP contribution is -2.44. The van der Waals surface area contributed by atoms with Crippen LogP contribution in [0.1, 0.15) is 18.4 Å². The van der Waals surface area contributed by atoms with Crippen molar-refractivity contribution in [3.05, 3.63) is 63.2 Å². The first-order chi connectivity index (χ1) is 15.0. The molecule has 0 saturated carbocycles. The van der Waals surface area contributed by atoms with Gasteiger partial charge >= 0.3 is 0 Å². The number of fused-ring (bicyclic) bond motifs is 1. The van der Waals surface area contributed by atoms with E-state index in [1.54, 1.807) is 17.4 Å². The Labute approximate surface area is 192 Å². The van der Waals surface area contributed by atoms with Gasteiger partial charge in [-0.2, -0.15) is 0 Å². The SMILES string of the molecule is O=C(CSc1nc2ccccc2s1)NC1CCN(Cc2ccc(Cl)c([N+](=O)[O-])c2)CC1. The fourth-order valence-electron chi connectivity index (χ4n) is 3.60. The molecule has 1 N–H and O–H groups in total. The number of nitrogens with zero attached hydrogens (tertiary/aromatic N) is 3. The highest BCUT2D eigenvalue weighted by Crippen LogP contribution is 2.29. The van der Waals surface area contributed by atoms with E-state index in [-0.39, 0.29) is 22.7 Å². The topological polar surface area (TPSA) is 88.4 Å². The van der Waals surface area contributed by atoms with Crippen LogP contribution < -0.4 is 5.32 Å². The van der Waals surface area contributed by atoms with Gasteiger partial charge in [0.15, 0.2) is 4.34 Å². The van der Waals surface area contributed by atoms with Crippen LogP contribution in [-0.4, -0.2) is 45.6 Å². The molecule has 0 aliphatic carbocycles. The molecule has 0 atom stereocenters. The van der Waals surface area contributed by atoms with E-state index in [1.165, 1.54) is 17.8 Å². The average Bonchev–Trinajstić information content (AvgIpc) is 3.18. The van der Waals surface area contributed by atoms with Gasteiger partial charge in [-0.1, -0.05) is 41.6 Å². The Morgan fingerprint density at radius 2 is 2.06 bits per heavy atom. The predicted octanol–water partition coefficient (Wildman–Crippen LogP) is 4.73. The van der Waals surface area contributed by atoms with E-state index in [4.69, 9.17) is 11.6 Å². The second kappa shape index (κ2) is 9.95. The quantitative estimate of drug-likeness (QED) is 0.301. The molecule has 2 aromatic carbocycles. The number of nitrogens with one attached hydrogen (secondary N) is 1. The Balaban J connectivity index is 1.22. The molecule has 1 amide bonds. The minimum absolute atomic E-state index is 0.0241. The third-order valence-corrected chi connectivity index (χ3v) is 7.67. The maximum atomic E-state index is 12.4. The lowest BCUT2D eigenvalue weighted by atomic mass is 10.0. The number of thiazole rings is 1. The number of aromatic nitrogens is 1. The zero-order valence-electron chi connectivity index (χ0n) is 16.6. The molecule has 0 spiro atoms. The fraction of sp³-hybridized carbons (Fsp3) is 0.333. The van der Waals surface area contributed by atoms with Gasteiger partial charge < -0.3 is 5.32 Å². The maximum absolute atomic E-state index is 12.4. The molecule has 0 radical (unpaired) electrons. The van der Waals surface area contributed by atoms with E-state index in [2.05, 4.69) is 15.2 Å². The van der Waals surface area contributed by atoms with Crippen molar-refractivity contribution in [1.29, 1.82) is 0 Å². The van der Waals surface area contributed by atoms with Gasteiger partial charge in [0.25, 0.3) is 5.69 Å². The summed E-state index contributed by atoms with van der Waals surface area (Å²) in [5.74, 6) is 0.380. The Bertz CT molecular complexity index is 1070. The number of benzene rings is 2. The number of likely N-dealkylation sites (tertiary alicyclic amines) is 1. The molecule has 1 saturated heterocycles. The average molecular weight is 477 g/mol. The van der Waals surface area contributed by atoms with Crippen LogP contribution in [0, 0.1) is 10.1 Å². The van der Waals surface area contributed by atoms with E-state index in [9.17, 15) is 14.9 Å². The number of halogens is 1. The van der Waals surface area contributed by atoms with Crippen molar-refractivity contribution in [2.75, 3.05) is 18.8 Å². The van der Waals surface area contributed by atoms with Gasteiger partial charge in [0, 0.05) is 31.7 Å². The van der Waals surface area contributed by atoms with E-state index in [0.29, 0.717) is 12.3 Å². The first kappa shape index (κ1) is 22.0. The summed E-state index contributed by atoms with van der Waals surface area (Å²) in [6, 6.07) is 13.0. The summed E-state index contributed by atoms with van der Waals surface area (Å²) in [5, 5.41) is 14.3. The van der Waals surface area contributed by atoms with Gasteiger partial charge in [-0.05, 0) is 36.6 Å². The van der Waals surface area contributed by atoms with Crippen LogP contribution in [0.2, 0.25) is 5.02 Å². The molecule has 2 heterocycles. The van der Waals surface area contributed by atoms with Crippen LogP contribution in [0.25, 0.3) is 10.2 Å². The summed E-state index contributed by atoms with van der Waals surface area (Å²) in [6.45, 7) is 2.28. The third-order valence-electron chi connectivity index (χ3n) is 5.17. The lowest BCUT2D eigenvalue weighted by Gasteiger charge is -2.32. The Kier molecular flexibility index (Phi) is 7.06. The summed E-state index contributed by atoms with van der Waals surface area (Å²) in [6.07, 6.45) is 1.71. The first-order valence-corrected chi connectivity index (χ1v) is 12.1. The van der Waals surface area contributed by atoms with Crippen LogP contribution >= 0.6 is 34.7 Å². The summed E-state index contributed by atoms with van der Waals surface area (Å²) >= 11 is 8.96. The van der Waals surface area contributed by atoms with Crippen molar-refractivity contribution in [2.45, 2.75) is 29.8 Å². The number of hydrogen-bond acceptors (Lipinski definition) is 7. The molecule has 1 aliphatic rings. The highest BCUT2D eigenvalue weighted by atomic mass is 35.5. The number of nitro benzene ring substituents is 1. The number of carbonyl (C=O) groups excluding carboxylic acids is 1. The van der Waals surface area contributed by atoms with Crippen LogP contribution in [0.5, 0.6) is 0 Å². The van der Waals surface area contributed by atoms with Crippen molar-refractivity contribution in [3.8, 4) is 0 Å². The molecule has 0 bridgehead atoms. The molecule has 1 fully saturated rings. The molecule has 1 aliphatic heterocycles. The summed E-state index contributed by atoms with van der Waals surface area (Å²) in [5.41, 5.74) is 1.77. The Hall–Kier alpha value is -2.20. The number of carbonyl (C=O) groups is 1. The summed E-state index contributed by atoms with van der Waals surface area (Å²) in [7, 11) is 0. The molecule has 4 rings (SSSR count). The van der Waals surface area contributed by atoms with Crippen molar-refractivity contribution in [3.63, 3.8) is 0 Å². The van der Waals surface area contributed by atoms with Gasteiger partial charge in [0.2, 0.25) is 5.91 Å². The second-order valence-corrected chi connectivity index (χ2v) is 10.1. The van der Waals surface area contributed by atoms with E-state index >= 15 is 0 Å². The number of piperidine rings is 1. The number of rotatable bonds is 7. The van der Waals surface area contributed by atoms with Gasteiger partial charge in [-0.25, -0.2) is 4.98 Å². The highest BCUT2D eigenvalue weighted by molar-refractivity contribution is 8.01. The van der Waals surface area contributed by atoms with Crippen LogP contribution in [0.15, 0.2) is 46.8 Å². The van der Waals surface area contributed by atoms with Crippen molar-refractivity contribution >= 4 is 56.5 Å².